The van der Waals surface area contributed by atoms with E-state index in [1.54, 1.807) is 6.33 Å². The molecule has 2 aliphatic rings. The van der Waals surface area contributed by atoms with Gasteiger partial charge >= 0.3 is 6.03 Å². The van der Waals surface area contributed by atoms with Crippen LogP contribution in [0.15, 0.2) is 42.7 Å². The fraction of sp³-hybridized carbons (Fsp3) is 0.348. The number of hydrogen-bond acceptors (Lipinski definition) is 3. The van der Waals surface area contributed by atoms with Crippen LogP contribution in [0.4, 0.5) is 16.2 Å². The lowest BCUT2D eigenvalue weighted by Crippen LogP contribution is -2.47. The van der Waals surface area contributed by atoms with Gasteiger partial charge in [-0.05, 0) is 68.0 Å². The fourth-order valence-corrected chi connectivity index (χ4v) is 4.66. The normalized spacial score (nSPS) is 21.2. The Morgan fingerprint density at radius 1 is 1.17 bits per heavy atom. The van der Waals surface area contributed by atoms with Gasteiger partial charge in [-0.2, -0.15) is 0 Å². The number of anilines is 2. The molecule has 0 spiro atoms. The Hall–Kier alpha value is -3.35. The first kappa shape index (κ1) is 18.7. The molecule has 2 aromatic carbocycles. The Labute approximate surface area is 174 Å². The second kappa shape index (κ2) is 7.48. The van der Waals surface area contributed by atoms with Crippen molar-refractivity contribution in [2.75, 3.05) is 10.6 Å². The molecular formula is C23H25N5O2. The molecule has 1 aliphatic heterocycles. The molecule has 1 fully saturated rings. The van der Waals surface area contributed by atoms with Crippen LogP contribution in [-0.4, -0.2) is 32.8 Å². The van der Waals surface area contributed by atoms with Gasteiger partial charge in [-0.15, -0.1) is 0 Å². The Balaban J connectivity index is 1.21. The van der Waals surface area contributed by atoms with Crippen molar-refractivity contribution in [2.24, 2.45) is 5.92 Å². The highest BCUT2D eigenvalue weighted by atomic mass is 16.2. The number of urea groups is 1. The molecule has 0 saturated heterocycles. The third-order valence-corrected chi connectivity index (χ3v) is 6.44. The Morgan fingerprint density at radius 3 is 2.83 bits per heavy atom. The summed E-state index contributed by atoms with van der Waals surface area (Å²) in [6, 6.07) is 11.8. The molecule has 7 heteroatoms. The SMILES string of the molecule is Cc1cccc2c1CN(C1CCC(C(=O)Nc3ccc4nc[nH]c4c3)CC1)C(=O)N2. The molecule has 0 unspecified atom stereocenters. The highest BCUT2D eigenvalue weighted by Gasteiger charge is 2.34. The van der Waals surface area contributed by atoms with Crippen molar-refractivity contribution < 1.29 is 9.59 Å². The summed E-state index contributed by atoms with van der Waals surface area (Å²) in [4.78, 5) is 34.6. The minimum Gasteiger partial charge on any atom is -0.345 e. The summed E-state index contributed by atoms with van der Waals surface area (Å²) in [5.74, 6) is 0.0252. The lowest BCUT2D eigenvalue weighted by atomic mass is 9.84. The number of fused-ring (bicyclic) bond motifs is 2. The van der Waals surface area contributed by atoms with Crippen LogP contribution in [0.1, 0.15) is 36.8 Å². The van der Waals surface area contributed by atoms with Crippen LogP contribution in [0.5, 0.6) is 0 Å². The van der Waals surface area contributed by atoms with Crippen molar-refractivity contribution in [3.8, 4) is 0 Å². The number of aromatic amines is 1. The second-order valence-corrected chi connectivity index (χ2v) is 8.29. The maximum absolute atomic E-state index is 12.8. The second-order valence-electron chi connectivity index (χ2n) is 8.29. The summed E-state index contributed by atoms with van der Waals surface area (Å²) in [6.07, 6.45) is 4.90. The van der Waals surface area contributed by atoms with E-state index in [9.17, 15) is 9.59 Å². The van der Waals surface area contributed by atoms with Gasteiger partial charge in [0.25, 0.3) is 0 Å². The topological polar surface area (TPSA) is 90.1 Å². The van der Waals surface area contributed by atoms with Crippen LogP contribution in [0.2, 0.25) is 0 Å². The van der Waals surface area contributed by atoms with Crippen molar-refractivity contribution in [3.63, 3.8) is 0 Å². The molecule has 1 aromatic heterocycles. The summed E-state index contributed by atoms with van der Waals surface area (Å²) >= 11 is 0. The fourth-order valence-electron chi connectivity index (χ4n) is 4.66. The quantitative estimate of drug-likeness (QED) is 0.605. The van der Waals surface area contributed by atoms with E-state index in [4.69, 9.17) is 0 Å². The van der Waals surface area contributed by atoms with Crippen LogP contribution < -0.4 is 10.6 Å². The molecule has 3 amide bonds. The molecule has 30 heavy (non-hydrogen) atoms. The van der Waals surface area contributed by atoms with Crippen LogP contribution in [0.3, 0.4) is 0 Å². The molecule has 1 aliphatic carbocycles. The number of H-pyrrole nitrogens is 1. The smallest absolute Gasteiger partial charge is 0.322 e. The highest BCUT2D eigenvalue weighted by molar-refractivity contribution is 5.95. The number of carbonyl (C=O) groups is 2. The van der Waals surface area contributed by atoms with Gasteiger partial charge in [0.1, 0.15) is 0 Å². The van der Waals surface area contributed by atoms with E-state index < -0.39 is 0 Å². The van der Waals surface area contributed by atoms with Crippen LogP contribution >= 0.6 is 0 Å². The van der Waals surface area contributed by atoms with E-state index in [0.29, 0.717) is 6.54 Å². The first-order valence-electron chi connectivity index (χ1n) is 10.5. The van der Waals surface area contributed by atoms with Crippen molar-refractivity contribution in [2.45, 2.75) is 45.2 Å². The third-order valence-electron chi connectivity index (χ3n) is 6.44. The molecule has 154 valence electrons. The predicted molar refractivity (Wildman–Crippen MR) is 116 cm³/mol. The molecular weight excluding hydrogens is 378 g/mol. The van der Waals surface area contributed by atoms with Gasteiger partial charge in [0, 0.05) is 23.3 Å². The summed E-state index contributed by atoms with van der Waals surface area (Å²) < 4.78 is 0. The van der Waals surface area contributed by atoms with Gasteiger partial charge < -0.3 is 20.5 Å². The van der Waals surface area contributed by atoms with E-state index in [-0.39, 0.29) is 23.9 Å². The van der Waals surface area contributed by atoms with Crippen molar-refractivity contribution >= 4 is 34.3 Å². The molecule has 0 atom stereocenters. The number of amides is 3. The number of carbonyl (C=O) groups excluding carboxylic acids is 2. The van der Waals surface area contributed by atoms with Crippen LogP contribution in [0.25, 0.3) is 11.0 Å². The number of benzene rings is 2. The monoisotopic (exact) mass is 403 g/mol. The maximum atomic E-state index is 12.8. The molecule has 0 bridgehead atoms. The molecule has 3 aromatic rings. The third kappa shape index (κ3) is 3.40. The number of hydrogen-bond donors (Lipinski definition) is 3. The average Bonchev–Trinajstić information content (AvgIpc) is 3.21. The average molecular weight is 403 g/mol. The minimum absolute atomic E-state index is 0.0272. The first-order chi connectivity index (χ1) is 14.6. The first-order valence-corrected chi connectivity index (χ1v) is 10.5. The van der Waals surface area contributed by atoms with E-state index in [2.05, 4.69) is 33.6 Å². The molecule has 5 rings (SSSR count). The molecule has 1 saturated carbocycles. The molecule has 3 N–H and O–H groups in total. The van der Waals surface area contributed by atoms with Crippen LogP contribution in [0, 0.1) is 12.8 Å². The van der Waals surface area contributed by atoms with E-state index in [0.717, 1.165) is 48.1 Å². The maximum Gasteiger partial charge on any atom is 0.322 e. The van der Waals surface area contributed by atoms with Gasteiger partial charge in [-0.25, -0.2) is 9.78 Å². The number of rotatable bonds is 3. The van der Waals surface area contributed by atoms with Crippen LogP contribution in [-0.2, 0) is 11.3 Å². The van der Waals surface area contributed by atoms with Gasteiger partial charge in [0.2, 0.25) is 5.91 Å². The predicted octanol–water partition coefficient (Wildman–Crippen LogP) is 4.42. The van der Waals surface area contributed by atoms with E-state index >= 15 is 0 Å². The van der Waals surface area contributed by atoms with Crippen molar-refractivity contribution in [1.82, 2.24) is 14.9 Å². The van der Waals surface area contributed by atoms with Gasteiger partial charge in [-0.3, -0.25) is 4.79 Å². The highest BCUT2D eigenvalue weighted by Crippen LogP contribution is 2.33. The van der Waals surface area contributed by atoms with E-state index in [1.165, 1.54) is 11.1 Å². The summed E-state index contributed by atoms with van der Waals surface area (Å²) in [5, 5.41) is 6.06. The van der Waals surface area contributed by atoms with Gasteiger partial charge in [-0.1, -0.05) is 12.1 Å². The minimum atomic E-state index is -0.0335. The number of imidazole rings is 1. The standard InChI is InChI=1S/C23H25N5O2/c1-14-3-2-4-19-18(14)12-28(23(30)27-19)17-8-5-15(6-9-17)22(29)26-16-7-10-20-21(11-16)25-13-24-20/h2-4,7,10-11,13,15,17H,5-6,8-9,12H2,1H3,(H,24,25)(H,26,29)(H,27,30). The lowest BCUT2D eigenvalue weighted by molar-refractivity contribution is -0.121. The zero-order valence-electron chi connectivity index (χ0n) is 16.9. The van der Waals surface area contributed by atoms with Gasteiger partial charge in [0.05, 0.1) is 23.9 Å². The molecule has 2 heterocycles. The van der Waals surface area contributed by atoms with Crippen molar-refractivity contribution in [3.05, 3.63) is 53.9 Å². The number of aryl methyl sites for hydroxylation is 1. The Kier molecular flexibility index (Phi) is 4.65. The zero-order valence-corrected chi connectivity index (χ0v) is 16.9. The summed E-state index contributed by atoms with van der Waals surface area (Å²) in [7, 11) is 0. The number of nitrogens with zero attached hydrogens (tertiary/aromatic N) is 2. The number of aromatic nitrogens is 2. The zero-order chi connectivity index (χ0) is 20.7. The Bertz CT molecular complexity index is 1110. The number of nitrogens with one attached hydrogen (secondary N) is 3. The summed E-state index contributed by atoms with van der Waals surface area (Å²) in [6.45, 7) is 2.72. The largest absolute Gasteiger partial charge is 0.345 e. The van der Waals surface area contributed by atoms with Crippen molar-refractivity contribution in [1.29, 1.82) is 0 Å². The molecule has 0 radical (unpaired) electrons. The summed E-state index contributed by atoms with van der Waals surface area (Å²) in [5.41, 5.74) is 5.86. The lowest BCUT2D eigenvalue weighted by Gasteiger charge is -2.39. The van der Waals surface area contributed by atoms with E-state index in [1.807, 2.05) is 35.2 Å². The molecule has 7 nitrogen and oxygen atoms in total. The van der Waals surface area contributed by atoms with Gasteiger partial charge in [0.15, 0.2) is 0 Å². The Morgan fingerprint density at radius 2 is 2.00 bits per heavy atom.